The van der Waals surface area contributed by atoms with Crippen molar-refractivity contribution in [1.29, 1.82) is 0 Å². The molecule has 2 unspecified atom stereocenters. The molecule has 1 heterocycles. The van der Waals surface area contributed by atoms with E-state index >= 15 is 4.20 Å². The summed E-state index contributed by atoms with van der Waals surface area (Å²) in [5.74, 6) is 0.661. The number of benzene rings is 1. The van der Waals surface area contributed by atoms with Crippen LogP contribution in [0.4, 0.5) is 4.20 Å². The maximum absolute atomic E-state index is 15.5. The second-order valence-corrected chi connectivity index (χ2v) is 14.8. The Hall–Kier alpha value is -1.44. The molecule has 3 rings (SSSR count). The van der Waals surface area contributed by atoms with Gasteiger partial charge >= 0.3 is 8.69 Å². The summed E-state index contributed by atoms with van der Waals surface area (Å²) in [5.41, 5.74) is 5.10. The number of rotatable bonds is 0. The van der Waals surface area contributed by atoms with Crippen LogP contribution in [0.1, 0.15) is 94.2 Å². The predicted molar refractivity (Wildman–Crippen MR) is 144 cm³/mol. The van der Waals surface area contributed by atoms with Crippen molar-refractivity contribution in [2.24, 2.45) is 16.2 Å². The highest BCUT2D eigenvalue weighted by molar-refractivity contribution is 7.41. The van der Waals surface area contributed by atoms with Crippen molar-refractivity contribution in [1.82, 2.24) is 0 Å². The summed E-state index contributed by atoms with van der Waals surface area (Å²) < 4.78 is 27.7. The molecule has 0 fully saturated rings. The van der Waals surface area contributed by atoms with E-state index in [0.29, 0.717) is 5.76 Å². The Morgan fingerprint density at radius 2 is 1.35 bits per heavy atom. The maximum Gasteiger partial charge on any atom is 0.439 e. The first-order chi connectivity index (χ1) is 15.2. The Balaban J connectivity index is 2.65. The first-order valence-electron chi connectivity index (χ1n) is 12.4. The third-order valence-corrected chi connectivity index (χ3v) is 7.39. The minimum atomic E-state index is -2.60. The van der Waals surface area contributed by atoms with Crippen molar-refractivity contribution in [3.05, 3.63) is 57.0 Å². The minimum absolute atomic E-state index is 0.0401. The van der Waals surface area contributed by atoms with Crippen LogP contribution in [-0.2, 0) is 14.5 Å². The zero-order valence-corrected chi connectivity index (χ0v) is 24.4. The summed E-state index contributed by atoms with van der Waals surface area (Å²) in [7, 11) is -2.60. The standard InChI is InChI=1S/C30H44FO2P/c1-18-14-19(27(2,3)4)16-22-24(18)21-15-20(28(5,6)7)17-23(29(8,9)10)25(21)32-34(31)33-26(22)30(11,12)13/h14-17,25H,1-13H3. The van der Waals surface area contributed by atoms with Crippen molar-refractivity contribution in [3.8, 4) is 0 Å². The van der Waals surface area contributed by atoms with Crippen molar-refractivity contribution in [3.63, 3.8) is 0 Å². The van der Waals surface area contributed by atoms with Crippen LogP contribution >= 0.6 is 8.69 Å². The van der Waals surface area contributed by atoms with Gasteiger partial charge in [0.25, 0.3) is 0 Å². The fraction of sp³-hybridized carbons (Fsp3) is 0.600. The van der Waals surface area contributed by atoms with Gasteiger partial charge in [-0.25, -0.2) is 0 Å². The Morgan fingerprint density at radius 3 is 1.82 bits per heavy atom. The predicted octanol–water partition coefficient (Wildman–Crippen LogP) is 8.17. The van der Waals surface area contributed by atoms with Gasteiger partial charge in [-0.1, -0.05) is 101 Å². The SMILES string of the molecule is Cc1cc(C(C)(C)C)cc2c1=C1C=C(C(C)(C)C)C=C(C(C)(C)C)C1OP(F)OC=2C(C)(C)C. The third-order valence-electron chi connectivity index (χ3n) is 6.69. The zero-order chi connectivity index (χ0) is 26.0. The lowest BCUT2D eigenvalue weighted by Gasteiger charge is -2.38. The van der Waals surface area contributed by atoms with Crippen LogP contribution in [0.5, 0.6) is 0 Å². The largest absolute Gasteiger partial charge is 0.439 e. The van der Waals surface area contributed by atoms with Gasteiger partial charge in [0.2, 0.25) is 0 Å². The topological polar surface area (TPSA) is 18.5 Å². The Labute approximate surface area is 208 Å². The smallest absolute Gasteiger partial charge is 0.427 e. The zero-order valence-electron chi connectivity index (χ0n) is 23.5. The number of fused-ring (bicyclic) bond motifs is 2. The molecule has 2 atom stereocenters. The van der Waals surface area contributed by atoms with E-state index in [9.17, 15) is 0 Å². The van der Waals surface area contributed by atoms with Crippen LogP contribution < -0.4 is 10.4 Å². The molecule has 1 aromatic rings. The minimum Gasteiger partial charge on any atom is -0.427 e. The normalized spacial score (nSPS) is 22.2. The number of hydrogen-bond acceptors (Lipinski definition) is 2. The number of halogens is 1. The average Bonchev–Trinajstić information content (AvgIpc) is 2.61. The van der Waals surface area contributed by atoms with Crippen LogP contribution in [0.3, 0.4) is 0 Å². The molecular weight excluding hydrogens is 442 g/mol. The van der Waals surface area contributed by atoms with Gasteiger partial charge in [-0.15, -0.1) is 4.20 Å². The Kier molecular flexibility index (Phi) is 6.86. The van der Waals surface area contributed by atoms with Gasteiger partial charge in [0, 0.05) is 10.6 Å². The van der Waals surface area contributed by atoms with E-state index in [1.807, 2.05) is 0 Å². The summed E-state index contributed by atoms with van der Waals surface area (Å²) >= 11 is 0. The van der Waals surface area contributed by atoms with E-state index in [0.717, 1.165) is 21.6 Å². The summed E-state index contributed by atoms with van der Waals surface area (Å²) in [6.07, 6.45) is 3.99. The van der Waals surface area contributed by atoms with E-state index in [1.165, 1.54) is 16.7 Å². The molecule has 2 aliphatic rings. The fourth-order valence-electron chi connectivity index (χ4n) is 4.60. The molecule has 0 radical (unpaired) electrons. The monoisotopic (exact) mass is 486 g/mol. The molecule has 188 valence electrons. The molecule has 4 heteroatoms. The molecule has 34 heavy (non-hydrogen) atoms. The second-order valence-electron chi connectivity index (χ2n) is 14.0. The van der Waals surface area contributed by atoms with E-state index in [1.54, 1.807) is 0 Å². The fourth-order valence-corrected chi connectivity index (χ4v) is 5.56. The highest BCUT2D eigenvalue weighted by Gasteiger charge is 2.39. The first-order valence-corrected chi connectivity index (χ1v) is 13.4. The molecule has 2 nitrogen and oxygen atoms in total. The van der Waals surface area contributed by atoms with Gasteiger partial charge in [0.05, 0.1) is 0 Å². The molecule has 0 saturated heterocycles. The van der Waals surface area contributed by atoms with E-state index in [2.05, 4.69) is 114 Å². The molecular formula is C30H44FO2P. The summed E-state index contributed by atoms with van der Waals surface area (Å²) in [6, 6.07) is 4.50. The Bertz CT molecular complexity index is 1160. The van der Waals surface area contributed by atoms with Crippen LogP contribution in [-0.4, -0.2) is 6.10 Å². The highest BCUT2D eigenvalue weighted by atomic mass is 31.2. The van der Waals surface area contributed by atoms with Crippen LogP contribution in [0.15, 0.2) is 35.4 Å². The van der Waals surface area contributed by atoms with Gasteiger partial charge in [0.15, 0.2) is 0 Å². The maximum atomic E-state index is 15.5. The van der Waals surface area contributed by atoms with Crippen molar-refractivity contribution < 1.29 is 13.2 Å². The third kappa shape index (κ3) is 5.36. The van der Waals surface area contributed by atoms with Gasteiger partial charge in [0.1, 0.15) is 11.9 Å². The van der Waals surface area contributed by atoms with Gasteiger partial charge < -0.3 is 4.52 Å². The van der Waals surface area contributed by atoms with Gasteiger partial charge in [-0.3, -0.25) is 4.52 Å². The lowest BCUT2D eigenvalue weighted by molar-refractivity contribution is 0.222. The second kappa shape index (κ2) is 8.59. The van der Waals surface area contributed by atoms with E-state index in [4.69, 9.17) is 9.05 Å². The quantitative estimate of drug-likeness (QED) is 0.344. The average molecular weight is 487 g/mol. The molecule has 0 spiro atoms. The van der Waals surface area contributed by atoms with Gasteiger partial charge in [-0.2, -0.15) is 0 Å². The van der Waals surface area contributed by atoms with Crippen molar-refractivity contribution in [2.75, 3.05) is 0 Å². The summed E-state index contributed by atoms with van der Waals surface area (Å²) in [6.45, 7) is 28.3. The summed E-state index contributed by atoms with van der Waals surface area (Å²) in [5, 5.41) is 2.10. The van der Waals surface area contributed by atoms with Crippen LogP contribution in [0.2, 0.25) is 0 Å². The molecule has 1 aromatic carbocycles. The molecule has 1 aliphatic carbocycles. The molecule has 0 aromatic heterocycles. The first kappa shape index (κ1) is 27.2. The van der Waals surface area contributed by atoms with Crippen molar-refractivity contribution >= 4 is 20.0 Å². The van der Waals surface area contributed by atoms with Crippen LogP contribution in [0.25, 0.3) is 11.3 Å². The molecule has 0 N–H and O–H groups in total. The highest BCUT2D eigenvalue weighted by Crippen LogP contribution is 2.53. The molecule has 1 aliphatic heterocycles. The molecule has 0 saturated carbocycles. The van der Waals surface area contributed by atoms with Crippen LogP contribution in [0, 0.1) is 23.2 Å². The lowest BCUT2D eigenvalue weighted by atomic mass is 9.72. The molecule has 0 bridgehead atoms. The number of hydrogen-bond donors (Lipinski definition) is 0. The van der Waals surface area contributed by atoms with E-state index < -0.39 is 14.8 Å². The van der Waals surface area contributed by atoms with Crippen molar-refractivity contribution in [2.45, 2.75) is 102 Å². The Morgan fingerprint density at radius 1 is 0.765 bits per heavy atom. The molecule has 0 amide bonds. The number of allylic oxidation sites excluding steroid dienone is 2. The lowest BCUT2D eigenvalue weighted by Crippen LogP contribution is -2.42. The summed E-state index contributed by atoms with van der Waals surface area (Å²) in [4.78, 5) is 0. The van der Waals surface area contributed by atoms with Gasteiger partial charge in [-0.05, 0) is 62.3 Å². The van der Waals surface area contributed by atoms with E-state index in [-0.39, 0.29) is 21.7 Å². The number of aryl methyl sites for hydroxylation is 1.